The molecule has 1 amide bonds. The van der Waals surface area contributed by atoms with Crippen LogP contribution in [0.1, 0.15) is 29.8 Å². The number of aromatic amines is 1. The van der Waals surface area contributed by atoms with Gasteiger partial charge in [0, 0.05) is 24.4 Å². The zero-order valence-corrected chi connectivity index (χ0v) is 12.5. The monoisotopic (exact) mass is 297 g/mol. The number of H-pyrrole nitrogens is 1. The van der Waals surface area contributed by atoms with Crippen molar-refractivity contribution >= 4 is 11.7 Å². The molecular formula is C17H19N3O2. The summed E-state index contributed by atoms with van der Waals surface area (Å²) in [6.45, 7) is 3.08. The normalized spacial score (nSPS) is 15.0. The van der Waals surface area contributed by atoms with Crippen LogP contribution in [0.2, 0.25) is 0 Å². The van der Waals surface area contributed by atoms with Crippen LogP contribution in [0.25, 0.3) is 5.57 Å². The molecule has 0 saturated carbocycles. The van der Waals surface area contributed by atoms with Crippen molar-refractivity contribution in [3.63, 3.8) is 0 Å². The van der Waals surface area contributed by atoms with Crippen LogP contribution in [0.4, 0.5) is 4.79 Å². The number of carbonyl (C=O) groups is 1. The quantitative estimate of drug-likeness (QED) is 0.893. The number of amides is 1. The molecule has 5 heteroatoms. The number of piperidine rings is 1. The number of aromatic nitrogens is 2. The number of nitrogens with one attached hydrogen (secondary N) is 1. The first-order valence-electron chi connectivity index (χ1n) is 7.43. The molecule has 0 aliphatic carbocycles. The van der Waals surface area contributed by atoms with Crippen LogP contribution >= 0.6 is 0 Å². The number of hydrogen-bond acceptors (Lipinski definition) is 2. The first kappa shape index (κ1) is 14.4. The lowest BCUT2D eigenvalue weighted by atomic mass is 9.91. The van der Waals surface area contributed by atoms with E-state index in [9.17, 15) is 4.79 Å². The van der Waals surface area contributed by atoms with Crippen LogP contribution in [0.15, 0.2) is 42.0 Å². The molecule has 1 fully saturated rings. The Morgan fingerprint density at radius 1 is 1.23 bits per heavy atom. The van der Waals surface area contributed by atoms with Gasteiger partial charge in [-0.15, -0.1) is 0 Å². The van der Waals surface area contributed by atoms with Crippen LogP contribution in [0.5, 0.6) is 0 Å². The third-order valence-electron chi connectivity index (χ3n) is 4.02. The average Bonchev–Trinajstić information content (AvgIpc) is 2.95. The predicted octanol–water partition coefficient (Wildman–Crippen LogP) is 3.29. The maximum Gasteiger partial charge on any atom is 0.407 e. The molecule has 1 aliphatic rings. The molecule has 2 heterocycles. The number of likely N-dealkylation sites (tertiary alicyclic amines) is 1. The molecule has 1 aromatic carbocycles. The molecule has 3 rings (SSSR count). The lowest BCUT2D eigenvalue weighted by molar-refractivity contribution is 0.142. The Kier molecular flexibility index (Phi) is 3.96. The standard InChI is InChI=1S/C17H19N3O2/c1-12-11-15(19-18-12)16(13-5-3-2-4-6-13)14-7-9-20(10-8-14)17(21)22/h2-6,11H,7-10H2,1H3,(H,18,19)(H,21,22). The van der Waals surface area contributed by atoms with E-state index in [0.717, 1.165) is 35.4 Å². The van der Waals surface area contributed by atoms with Gasteiger partial charge in [0.15, 0.2) is 0 Å². The Balaban J connectivity index is 1.99. The van der Waals surface area contributed by atoms with Crippen molar-refractivity contribution in [1.29, 1.82) is 0 Å². The summed E-state index contributed by atoms with van der Waals surface area (Å²) in [5.41, 5.74) is 5.49. The Morgan fingerprint density at radius 3 is 2.45 bits per heavy atom. The Bertz CT molecular complexity index is 694. The van der Waals surface area contributed by atoms with E-state index in [0.29, 0.717) is 13.1 Å². The van der Waals surface area contributed by atoms with E-state index >= 15 is 0 Å². The lowest BCUT2D eigenvalue weighted by Crippen LogP contribution is -2.35. The molecule has 2 N–H and O–H groups in total. The maximum absolute atomic E-state index is 11.1. The number of aryl methyl sites for hydroxylation is 1. The summed E-state index contributed by atoms with van der Waals surface area (Å²) >= 11 is 0. The highest BCUT2D eigenvalue weighted by Gasteiger charge is 2.22. The van der Waals surface area contributed by atoms with Gasteiger partial charge in [0.1, 0.15) is 0 Å². The van der Waals surface area contributed by atoms with Crippen molar-refractivity contribution in [2.45, 2.75) is 19.8 Å². The van der Waals surface area contributed by atoms with Gasteiger partial charge in [-0.1, -0.05) is 35.9 Å². The van der Waals surface area contributed by atoms with Gasteiger partial charge in [-0.25, -0.2) is 4.79 Å². The van der Waals surface area contributed by atoms with Crippen molar-refractivity contribution < 1.29 is 9.90 Å². The highest BCUT2D eigenvalue weighted by Crippen LogP contribution is 2.31. The van der Waals surface area contributed by atoms with E-state index in [-0.39, 0.29) is 0 Å². The number of carboxylic acid groups (broad SMARTS) is 1. The van der Waals surface area contributed by atoms with Crippen molar-refractivity contribution in [3.05, 3.63) is 58.9 Å². The molecule has 5 nitrogen and oxygen atoms in total. The fourth-order valence-electron chi connectivity index (χ4n) is 2.90. The Morgan fingerprint density at radius 2 is 1.91 bits per heavy atom. The molecule has 114 valence electrons. The summed E-state index contributed by atoms with van der Waals surface area (Å²) in [5, 5.41) is 16.5. The highest BCUT2D eigenvalue weighted by molar-refractivity contribution is 5.81. The minimum atomic E-state index is -0.837. The van der Waals surface area contributed by atoms with E-state index in [2.05, 4.69) is 22.3 Å². The average molecular weight is 297 g/mol. The van der Waals surface area contributed by atoms with Crippen LogP contribution in [-0.4, -0.2) is 39.4 Å². The zero-order valence-electron chi connectivity index (χ0n) is 12.5. The smallest absolute Gasteiger partial charge is 0.407 e. The first-order chi connectivity index (χ1) is 10.6. The van der Waals surface area contributed by atoms with Gasteiger partial charge >= 0.3 is 6.09 Å². The second-order valence-corrected chi connectivity index (χ2v) is 5.55. The maximum atomic E-state index is 11.1. The van der Waals surface area contributed by atoms with E-state index in [1.807, 2.05) is 31.2 Å². The van der Waals surface area contributed by atoms with Gasteiger partial charge in [-0.2, -0.15) is 5.10 Å². The Labute approximate surface area is 129 Å². The van der Waals surface area contributed by atoms with Crippen LogP contribution < -0.4 is 0 Å². The van der Waals surface area contributed by atoms with E-state index < -0.39 is 6.09 Å². The summed E-state index contributed by atoms with van der Waals surface area (Å²) in [6, 6.07) is 12.2. The van der Waals surface area contributed by atoms with Gasteiger partial charge in [0.05, 0.1) is 5.69 Å². The highest BCUT2D eigenvalue weighted by atomic mass is 16.4. The second-order valence-electron chi connectivity index (χ2n) is 5.55. The fourth-order valence-corrected chi connectivity index (χ4v) is 2.90. The van der Waals surface area contributed by atoms with Gasteiger partial charge in [0.25, 0.3) is 0 Å². The summed E-state index contributed by atoms with van der Waals surface area (Å²) in [6.07, 6.45) is 0.668. The molecule has 2 aromatic rings. The van der Waals surface area contributed by atoms with Crippen molar-refractivity contribution in [2.75, 3.05) is 13.1 Å². The Hall–Kier alpha value is -2.56. The van der Waals surface area contributed by atoms with E-state index in [1.54, 1.807) is 0 Å². The summed E-state index contributed by atoms with van der Waals surface area (Å²) in [7, 11) is 0. The van der Waals surface area contributed by atoms with Gasteiger partial charge in [0.2, 0.25) is 0 Å². The third kappa shape index (κ3) is 2.88. The van der Waals surface area contributed by atoms with E-state index in [4.69, 9.17) is 5.11 Å². The van der Waals surface area contributed by atoms with Crippen molar-refractivity contribution in [1.82, 2.24) is 15.1 Å². The van der Waals surface area contributed by atoms with Crippen LogP contribution in [0.3, 0.4) is 0 Å². The summed E-state index contributed by atoms with van der Waals surface area (Å²) < 4.78 is 0. The van der Waals surface area contributed by atoms with Crippen molar-refractivity contribution in [2.24, 2.45) is 0 Å². The topological polar surface area (TPSA) is 69.2 Å². The SMILES string of the molecule is Cc1cc(C(=C2CCN(C(=O)O)CC2)c2ccccc2)n[nH]1. The summed E-state index contributed by atoms with van der Waals surface area (Å²) in [4.78, 5) is 12.5. The predicted molar refractivity (Wildman–Crippen MR) is 84.6 cm³/mol. The molecule has 1 saturated heterocycles. The first-order valence-corrected chi connectivity index (χ1v) is 7.43. The number of nitrogens with zero attached hydrogens (tertiary/aromatic N) is 2. The third-order valence-corrected chi connectivity index (χ3v) is 4.02. The number of benzene rings is 1. The van der Waals surface area contributed by atoms with Gasteiger partial charge in [-0.3, -0.25) is 5.10 Å². The summed E-state index contributed by atoms with van der Waals surface area (Å²) in [5.74, 6) is 0. The minimum Gasteiger partial charge on any atom is -0.465 e. The van der Waals surface area contributed by atoms with Crippen LogP contribution in [-0.2, 0) is 0 Å². The molecule has 0 atom stereocenters. The molecule has 0 unspecified atom stereocenters. The number of rotatable bonds is 2. The zero-order chi connectivity index (χ0) is 15.5. The molecular weight excluding hydrogens is 278 g/mol. The number of hydrogen-bond donors (Lipinski definition) is 2. The fraction of sp³-hybridized carbons (Fsp3) is 0.294. The molecule has 1 aromatic heterocycles. The second kappa shape index (κ2) is 6.05. The molecule has 0 bridgehead atoms. The molecule has 1 aliphatic heterocycles. The van der Waals surface area contributed by atoms with E-state index in [1.165, 1.54) is 10.5 Å². The molecule has 22 heavy (non-hydrogen) atoms. The largest absolute Gasteiger partial charge is 0.465 e. The van der Waals surface area contributed by atoms with Crippen molar-refractivity contribution in [3.8, 4) is 0 Å². The van der Waals surface area contributed by atoms with Crippen LogP contribution in [0, 0.1) is 6.92 Å². The van der Waals surface area contributed by atoms with Gasteiger partial charge in [-0.05, 0) is 31.4 Å². The molecule has 0 radical (unpaired) electrons. The lowest BCUT2D eigenvalue weighted by Gasteiger charge is -2.27. The van der Waals surface area contributed by atoms with Gasteiger partial charge < -0.3 is 10.0 Å². The molecule has 0 spiro atoms. The minimum absolute atomic E-state index is 0.546.